The first-order valence-corrected chi connectivity index (χ1v) is 9.25. The minimum absolute atomic E-state index is 0.176. The van der Waals surface area contributed by atoms with E-state index in [0.29, 0.717) is 0 Å². The molecule has 0 aliphatic carbocycles. The zero-order valence-corrected chi connectivity index (χ0v) is 16.5. The summed E-state index contributed by atoms with van der Waals surface area (Å²) in [6.07, 6.45) is 4.86. The van der Waals surface area contributed by atoms with Crippen molar-refractivity contribution in [2.24, 2.45) is 0 Å². The first kappa shape index (κ1) is 22.3. The highest BCUT2D eigenvalue weighted by Gasteiger charge is 2.10. The molecule has 4 nitrogen and oxygen atoms in total. The Morgan fingerprint density at radius 2 is 1.48 bits per heavy atom. The van der Waals surface area contributed by atoms with E-state index in [1.54, 1.807) is 7.11 Å². The quantitative estimate of drug-likeness (QED) is 0.436. The van der Waals surface area contributed by atoms with E-state index < -0.39 is 5.97 Å². The van der Waals surface area contributed by atoms with Gasteiger partial charge in [0.05, 0.1) is 13.7 Å². The Morgan fingerprint density at radius 1 is 0.963 bits per heavy atom. The lowest BCUT2D eigenvalue weighted by atomic mass is 10.0. The van der Waals surface area contributed by atoms with E-state index in [2.05, 4.69) is 25.6 Å². The summed E-state index contributed by atoms with van der Waals surface area (Å²) in [6, 6.07) is 16.2. The molecule has 0 heterocycles. The number of carbonyl (C=O) groups is 1. The summed E-state index contributed by atoms with van der Waals surface area (Å²) in [5.41, 5.74) is 2.34. The van der Waals surface area contributed by atoms with Crippen LogP contribution < -0.4 is 9.47 Å². The largest absolute Gasteiger partial charge is 0.496 e. The molecule has 0 bridgehead atoms. The molecule has 0 radical (unpaired) electrons. The molecule has 0 aliphatic heterocycles. The lowest BCUT2D eigenvalue weighted by Crippen LogP contribution is -1.99. The van der Waals surface area contributed by atoms with Crippen molar-refractivity contribution in [3.8, 4) is 22.6 Å². The van der Waals surface area contributed by atoms with Gasteiger partial charge in [0.2, 0.25) is 0 Å². The van der Waals surface area contributed by atoms with Gasteiger partial charge in [-0.15, -0.1) is 0 Å². The molecule has 0 aromatic heterocycles. The first-order valence-electron chi connectivity index (χ1n) is 9.25. The molecule has 0 fully saturated rings. The Hall–Kier alpha value is -2.75. The predicted molar refractivity (Wildman–Crippen MR) is 111 cm³/mol. The van der Waals surface area contributed by atoms with E-state index >= 15 is 0 Å². The van der Waals surface area contributed by atoms with E-state index in [-0.39, 0.29) is 5.57 Å². The number of aliphatic carboxylic acids is 1. The second-order valence-electron chi connectivity index (χ2n) is 6.19. The van der Waals surface area contributed by atoms with Crippen LogP contribution in [0.5, 0.6) is 11.5 Å². The Kier molecular flexibility index (Phi) is 10.4. The third kappa shape index (κ3) is 7.99. The van der Waals surface area contributed by atoms with Crippen molar-refractivity contribution in [2.45, 2.75) is 39.5 Å². The second kappa shape index (κ2) is 12.6. The second-order valence-corrected chi connectivity index (χ2v) is 6.19. The van der Waals surface area contributed by atoms with Crippen LogP contribution in [0.4, 0.5) is 0 Å². The van der Waals surface area contributed by atoms with Crippen LogP contribution in [0.2, 0.25) is 0 Å². The summed E-state index contributed by atoms with van der Waals surface area (Å²) in [7, 11) is 1.70. The van der Waals surface area contributed by atoms with Gasteiger partial charge < -0.3 is 14.6 Å². The Labute approximate surface area is 162 Å². The summed E-state index contributed by atoms with van der Waals surface area (Å²) in [5, 5.41) is 7.89. The fraction of sp³-hybridized carbons (Fsp3) is 0.348. The van der Waals surface area contributed by atoms with Gasteiger partial charge in [-0.25, -0.2) is 4.79 Å². The van der Waals surface area contributed by atoms with Crippen molar-refractivity contribution in [2.75, 3.05) is 13.7 Å². The SMILES string of the molecule is C=C(C)C(=O)O.CCCCCCOc1ccccc1-c1ccccc1OC. The Balaban J connectivity index is 0.000000527. The summed E-state index contributed by atoms with van der Waals surface area (Å²) < 4.78 is 11.4. The van der Waals surface area contributed by atoms with Gasteiger partial charge in [-0.2, -0.15) is 0 Å². The summed E-state index contributed by atoms with van der Waals surface area (Å²) in [4.78, 5) is 9.60. The molecule has 4 heteroatoms. The molecule has 0 saturated carbocycles. The van der Waals surface area contributed by atoms with Gasteiger partial charge in [0.25, 0.3) is 0 Å². The van der Waals surface area contributed by atoms with Crippen LogP contribution in [0.25, 0.3) is 11.1 Å². The normalized spacial score (nSPS) is 9.74. The zero-order chi connectivity index (χ0) is 20.1. The number of unbranched alkanes of at least 4 members (excludes halogenated alkanes) is 3. The minimum Gasteiger partial charge on any atom is -0.496 e. The molecule has 0 aliphatic rings. The number of hydrogen-bond donors (Lipinski definition) is 1. The van der Waals surface area contributed by atoms with Gasteiger partial charge in [-0.1, -0.05) is 69.2 Å². The van der Waals surface area contributed by atoms with E-state index in [1.807, 2.05) is 36.4 Å². The molecular formula is C23H30O4. The van der Waals surface area contributed by atoms with Crippen LogP contribution in [0.3, 0.4) is 0 Å². The van der Waals surface area contributed by atoms with Crippen LogP contribution >= 0.6 is 0 Å². The van der Waals surface area contributed by atoms with Gasteiger partial charge in [0, 0.05) is 16.7 Å². The third-order valence-electron chi connectivity index (χ3n) is 3.90. The highest BCUT2D eigenvalue weighted by molar-refractivity contribution is 5.84. The number of hydrogen-bond acceptors (Lipinski definition) is 3. The molecule has 2 aromatic rings. The van der Waals surface area contributed by atoms with E-state index in [0.717, 1.165) is 35.7 Å². The number of ether oxygens (including phenoxy) is 2. The summed E-state index contributed by atoms with van der Waals surface area (Å²) in [5.74, 6) is 0.869. The topological polar surface area (TPSA) is 55.8 Å². The smallest absolute Gasteiger partial charge is 0.330 e. The molecule has 2 rings (SSSR count). The van der Waals surface area contributed by atoms with Gasteiger partial charge in [0.15, 0.2) is 0 Å². The molecule has 0 atom stereocenters. The third-order valence-corrected chi connectivity index (χ3v) is 3.90. The fourth-order valence-corrected chi connectivity index (χ4v) is 2.39. The fourth-order valence-electron chi connectivity index (χ4n) is 2.39. The molecule has 0 amide bonds. The number of para-hydroxylation sites is 2. The zero-order valence-electron chi connectivity index (χ0n) is 16.5. The molecule has 1 N–H and O–H groups in total. The number of methoxy groups -OCH3 is 1. The lowest BCUT2D eigenvalue weighted by molar-refractivity contribution is -0.132. The average molecular weight is 370 g/mol. The van der Waals surface area contributed by atoms with Crippen LogP contribution in [-0.2, 0) is 4.79 Å². The van der Waals surface area contributed by atoms with E-state index in [4.69, 9.17) is 14.6 Å². The van der Waals surface area contributed by atoms with Crippen LogP contribution in [0, 0.1) is 0 Å². The van der Waals surface area contributed by atoms with Gasteiger partial charge in [-0.3, -0.25) is 0 Å². The molecular weight excluding hydrogens is 340 g/mol. The lowest BCUT2D eigenvalue weighted by Gasteiger charge is -2.14. The van der Waals surface area contributed by atoms with Crippen molar-refractivity contribution in [3.05, 3.63) is 60.7 Å². The van der Waals surface area contributed by atoms with Crippen LogP contribution in [0.1, 0.15) is 39.5 Å². The van der Waals surface area contributed by atoms with Crippen LogP contribution in [-0.4, -0.2) is 24.8 Å². The maximum atomic E-state index is 9.60. The van der Waals surface area contributed by atoms with E-state index in [9.17, 15) is 4.79 Å². The van der Waals surface area contributed by atoms with Crippen molar-refractivity contribution < 1.29 is 19.4 Å². The molecule has 0 spiro atoms. The Morgan fingerprint density at radius 3 is 2.00 bits per heavy atom. The molecule has 2 aromatic carbocycles. The molecule has 0 unspecified atom stereocenters. The van der Waals surface area contributed by atoms with Crippen molar-refractivity contribution >= 4 is 5.97 Å². The predicted octanol–water partition coefficient (Wildman–Crippen LogP) is 5.97. The van der Waals surface area contributed by atoms with Gasteiger partial charge in [-0.05, 0) is 25.5 Å². The molecule has 146 valence electrons. The van der Waals surface area contributed by atoms with Crippen molar-refractivity contribution in [1.29, 1.82) is 0 Å². The monoisotopic (exact) mass is 370 g/mol. The maximum absolute atomic E-state index is 9.60. The van der Waals surface area contributed by atoms with Crippen molar-refractivity contribution in [3.63, 3.8) is 0 Å². The summed E-state index contributed by atoms with van der Waals surface area (Å²) >= 11 is 0. The Bertz CT molecular complexity index is 710. The molecule has 27 heavy (non-hydrogen) atoms. The standard InChI is InChI=1S/C19H24O2.C4H6O2/c1-3-4-5-10-15-21-19-14-9-7-12-17(19)16-11-6-8-13-18(16)20-2;1-3(2)4(5)6/h6-9,11-14H,3-5,10,15H2,1-2H3;1H2,2H3,(H,5,6). The first-order chi connectivity index (χ1) is 13.0. The highest BCUT2D eigenvalue weighted by Crippen LogP contribution is 2.36. The molecule has 0 saturated heterocycles. The van der Waals surface area contributed by atoms with E-state index in [1.165, 1.54) is 26.2 Å². The number of carboxylic acid groups (broad SMARTS) is 1. The number of rotatable bonds is 9. The highest BCUT2D eigenvalue weighted by atomic mass is 16.5. The minimum atomic E-state index is -0.935. The number of benzene rings is 2. The summed E-state index contributed by atoms with van der Waals surface area (Å²) in [6.45, 7) is 7.59. The maximum Gasteiger partial charge on any atom is 0.330 e. The van der Waals surface area contributed by atoms with Crippen molar-refractivity contribution in [1.82, 2.24) is 0 Å². The number of carboxylic acids is 1. The van der Waals surface area contributed by atoms with Gasteiger partial charge >= 0.3 is 5.97 Å². The average Bonchev–Trinajstić information content (AvgIpc) is 2.68. The van der Waals surface area contributed by atoms with Crippen LogP contribution in [0.15, 0.2) is 60.7 Å². The van der Waals surface area contributed by atoms with Gasteiger partial charge in [0.1, 0.15) is 11.5 Å².